The van der Waals surface area contributed by atoms with Crippen LogP contribution in [0, 0.1) is 0 Å². The van der Waals surface area contributed by atoms with Gasteiger partial charge in [0.25, 0.3) is 11.6 Å². The van der Waals surface area contributed by atoms with E-state index in [1.807, 2.05) is 0 Å². The molecule has 2 aliphatic heterocycles. The number of likely N-dealkylation sites (tertiary alicyclic amines) is 2. The second kappa shape index (κ2) is 11.8. The first-order valence-corrected chi connectivity index (χ1v) is 14.2. The summed E-state index contributed by atoms with van der Waals surface area (Å²) < 4.78 is 56.9. The number of benzene rings is 2. The summed E-state index contributed by atoms with van der Waals surface area (Å²) in [6, 6.07) is 10.1. The van der Waals surface area contributed by atoms with Crippen LogP contribution < -0.4 is 14.8 Å². The zero-order chi connectivity index (χ0) is 30.1. The summed E-state index contributed by atoms with van der Waals surface area (Å²) in [6.45, 7) is 7.20. The number of esters is 1. The molecule has 0 aliphatic carbocycles. The average molecular weight is 589 g/mol. The lowest BCUT2D eigenvalue weighted by molar-refractivity contribution is -0.211. The maximum Gasteiger partial charge on any atom is 0.491 e. The number of hydrogen-bond acceptors (Lipinski definition) is 8. The zero-order valence-corrected chi connectivity index (χ0v) is 23.9. The molecule has 2 aromatic carbocycles. The average Bonchev–Trinajstić information content (AvgIpc) is 3.58. The number of nitrogens with zero attached hydrogens (tertiary/aromatic N) is 3. The van der Waals surface area contributed by atoms with Crippen molar-refractivity contribution in [2.75, 3.05) is 45.2 Å². The maximum absolute atomic E-state index is 13.6. The number of alkyl halides is 3. The number of methoxy groups -OCH3 is 1. The summed E-state index contributed by atoms with van der Waals surface area (Å²) in [5, 5.41) is 3.95. The fourth-order valence-electron chi connectivity index (χ4n) is 5.65. The number of pyridine rings is 1. The molecule has 1 unspecified atom stereocenters. The highest BCUT2D eigenvalue weighted by atomic mass is 19.4. The molecule has 2 aliphatic rings. The minimum atomic E-state index is -5.28. The Balaban J connectivity index is 1.55. The first-order valence-electron chi connectivity index (χ1n) is 14.2. The number of fused-ring (bicyclic) bond motifs is 2. The molecule has 226 valence electrons. The third kappa shape index (κ3) is 5.90. The van der Waals surface area contributed by atoms with Crippen LogP contribution >= 0.6 is 0 Å². The number of aromatic nitrogens is 1. The van der Waals surface area contributed by atoms with Crippen molar-refractivity contribution in [2.45, 2.75) is 57.5 Å². The third-order valence-corrected chi connectivity index (χ3v) is 7.80. The summed E-state index contributed by atoms with van der Waals surface area (Å²) in [5.41, 5.74) is -0.981. The SMILES string of the molecule is COc1cc2c(NC3(OC(=O)C(F)(F)F)CCN(C(C)C)C3=O)c3ccccc3nc2cc1OCCCN1CCCC1. The monoisotopic (exact) mass is 588 g/mol. The van der Waals surface area contributed by atoms with Crippen molar-refractivity contribution >= 4 is 39.4 Å². The van der Waals surface area contributed by atoms with Crippen LogP contribution in [-0.4, -0.2) is 84.5 Å². The molecule has 0 bridgehead atoms. The van der Waals surface area contributed by atoms with Gasteiger partial charge < -0.3 is 29.3 Å². The van der Waals surface area contributed by atoms with Gasteiger partial charge in [0.05, 0.1) is 30.4 Å². The number of para-hydroxylation sites is 1. The summed E-state index contributed by atoms with van der Waals surface area (Å²) in [5.74, 6) is -2.33. The highest BCUT2D eigenvalue weighted by Gasteiger charge is 2.55. The van der Waals surface area contributed by atoms with Gasteiger partial charge in [0.15, 0.2) is 11.5 Å². The van der Waals surface area contributed by atoms with E-state index in [0.717, 1.165) is 26.1 Å². The highest BCUT2D eigenvalue weighted by molar-refractivity contribution is 6.10. The standard InChI is InChI=1S/C30H35F3N4O5/c1-19(2)37-15-11-29(27(37)38,42-28(39)30(31,32)33)35-26-20-9-4-5-10-22(20)34-23-18-25(24(40-3)17-21(23)26)41-16-8-14-36-12-6-7-13-36/h4-5,9-10,17-19H,6-8,11-16H2,1-3H3,(H,34,35). The molecule has 1 amide bonds. The van der Waals surface area contributed by atoms with Gasteiger partial charge in [-0.2, -0.15) is 13.2 Å². The fraction of sp³-hybridized carbons (Fsp3) is 0.500. The Labute approximate surface area is 241 Å². The minimum Gasteiger partial charge on any atom is -0.493 e. The van der Waals surface area contributed by atoms with Crippen LogP contribution in [0.25, 0.3) is 21.8 Å². The molecule has 12 heteroatoms. The van der Waals surface area contributed by atoms with E-state index in [-0.39, 0.29) is 19.0 Å². The number of carbonyl (C=O) groups is 2. The van der Waals surface area contributed by atoms with Gasteiger partial charge in [0, 0.05) is 42.4 Å². The predicted octanol–water partition coefficient (Wildman–Crippen LogP) is 5.12. The third-order valence-electron chi connectivity index (χ3n) is 7.80. The normalized spacial score (nSPS) is 19.7. The lowest BCUT2D eigenvalue weighted by Gasteiger charge is -2.32. The van der Waals surface area contributed by atoms with E-state index in [2.05, 4.69) is 10.2 Å². The second-order valence-electron chi connectivity index (χ2n) is 11.0. The van der Waals surface area contributed by atoms with Crippen LogP contribution in [0.2, 0.25) is 0 Å². The lowest BCUT2D eigenvalue weighted by Crippen LogP contribution is -2.53. The van der Waals surface area contributed by atoms with Crippen molar-refractivity contribution < 1.29 is 37.0 Å². The number of hydrogen-bond donors (Lipinski definition) is 1. The Bertz CT molecular complexity index is 1470. The lowest BCUT2D eigenvalue weighted by atomic mass is 10.0. The van der Waals surface area contributed by atoms with Crippen molar-refractivity contribution in [3.63, 3.8) is 0 Å². The molecule has 1 N–H and O–H groups in total. The van der Waals surface area contributed by atoms with Crippen molar-refractivity contribution in [1.82, 2.24) is 14.8 Å². The van der Waals surface area contributed by atoms with Gasteiger partial charge in [-0.15, -0.1) is 0 Å². The van der Waals surface area contributed by atoms with Gasteiger partial charge >= 0.3 is 12.1 Å². The Morgan fingerprint density at radius 1 is 1.07 bits per heavy atom. The molecule has 5 rings (SSSR count). The Hall–Kier alpha value is -3.80. The van der Waals surface area contributed by atoms with E-state index >= 15 is 0 Å². The molecular weight excluding hydrogens is 553 g/mol. The molecule has 1 atom stereocenters. The van der Waals surface area contributed by atoms with Gasteiger partial charge in [-0.3, -0.25) is 4.79 Å². The van der Waals surface area contributed by atoms with E-state index in [1.165, 1.54) is 24.9 Å². The Morgan fingerprint density at radius 2 is 1.81 bits per heavy atom. The molecule has 2 saturated heterocycles. The molecule has 0 spiro atoms. The van der Waals surface area contributed by atoms with Crippen LogP contribution in [0.3, 0.4) is 0 Å². The van der Waals surface area contributed by atoms with E-state index in [9.17, 15) is 22.8 Å². The highest BCUT2D eigenvalue weighted by Crippen LogP contribution is 2.41. The molecule has 0 radical (unpaired) electrons. The largest absolute Gasteiger partial charge is 0.493 e. The van der Waals surface area contributed by atoms with Crippen LogP contribution in [0.1, 0.15) is 39.5 Å². The summed E-state index contributed by atoms with van der Waals surface area (Å²) >= 11 is 0. The topological polar surface area (TPSA) is 93.2 Å². The molecule has 1 aromatic heterocycles. The summed E-state index contributed by atoms with van der Waals surface area (Å²) in [7, 11) is 1.49. The maximum atomic E-state index is 13.6. The molecule has 42 heavy (non-hydrogen) atoms. The molecule has 3 heterocycles. The molecule has 3 aromatic rings. The summed E-state index contributed by atoms with van der Waals surface area (Å²) in [6.07, 6.45) is -2.20. The van der Waals surface area contributed by atoms with Crippen molar-refractivity contribution in [1.29, 1.82) is 0 Å². The van der Waals surface area contributed by atoms with E-state index in [0.29, 0.717) is 45.6 Å². The van der Waals surface area contributed by atoms with E-state index in [4.69, 9.17) is 19.2 Å². The first-order chi connectivity index (χ1) is 20.0. The Morgan fingerprint density at radius 3 is 2.48 bits per heavy atom. The van der Waals surface area contributed by atoms with Crippen LogP contribution in [-0.2, 0) is 14.3 Å². The Kier molecular flexibility index (Phi) is 8.36. The number of amides is 1. The van der Waals surface area contributed by atoms with Gasteiger partial charge in [0.1, 0.15) is 0 Å². The fourth-order valence-corrected chi connectivity index (χ4v) is 5.65. The predicted molar refractivity (Wildman–Crippen MR) is 152 cm³/mol. The molecular formula is C30H35F3N4O5. The minimum absolute atomic E-state index is 0.105. The van der Waals surface area contributed by atoms with Crippen LogP contribution in [0.4, 0.5) is 18.9 Å². The number of nitrogens with one attached hydrogen (secondary N) is 1. The quantitative estimate of drug-likeness (QED) is 0.151. The smallest absolute Gasteiger partial charge is 0.491 e. The zero-order valence-electron chi connectivity index (χ0n) is 23.9. The van der Waals surface area contributed by atoms with Gasteiger partial charge in [-0.05, 0) is 58.3 Å². The van der Waals surface area contributed by atoms with Crippen molar-refractivity contribution in [3.8, 4) is 11.5 Å². The molecule has 0 saturated carbocycles. The molecule has 2 fully saturated rings. The van der Waals surface area contributed by atoms with Crippen LogP contribution in [0.15, 0.2) is 36.4 Å². The van der Waals surface area contributed by atoms with Crippen molar-refractivity contribution in [2.24, 2.45) is 0 Å². The van der Waals surface area contributed by atoms with Gasteiger partial charge in [-0.25, -0.2) is 9.78 Å². The second-order valence-corrected chi connectivity index (χ2v) is 11.0. The first kappa shape index (κ1) is 29.7. The number of rotatable bonds is 10. The number of ether oxygens (including phenoxy) is 3. The van der Waals surface area contributed by atoms with Crippen molar-refractivity contribution in [3.05, 3.63) is 36.4 Å². The number of anilines is 1. The van der Waals surface area contributed by atoms with Gasteiger partial charge in [0.2, 0.25) is 0 Å². The number of halogens is 3. The van der Waals surface area contributed by atoms with Gasteiger partial charge in [-0.1, -0.05) is 18.2 Å². The number of carbonyl (C=O) groups excluding carboxylic acids is 2. The van der Waals surface area contributed by atoms with E-state index < -0.39 is 23.8 Å². The summed E-state index contributed by atoms with van der Waals surface area (Å²) in [4.78, 5) is 34.2. The molecule has 9 nitrogen and oxygen atoms in total. The van der Waals surface area contributed by atoms with Crippen LogP contribution in [0.5, 0.6) is 11.5 Å². The van der Waals surface area contributed by atoms with E-state index in [1.54, 1.807) is 50.2 Å².